The van der Waals surface area contributed by atoms with Crippen LogP contribution in [0.5, 0.6) is 0 Å². The lowest BCUT2D eigenvalue weighted by Gasteiger charge is -2.22. The summed E-state index contributed by atoms with van der Waals surface area (Å²) >= 11 is 0. The Morgan fingerprint density at radius 2 is 2.00 bits per heavy atom. The molecule has 1 aliphatic carbocycles. The topological polar surface area (TPSA) is 42.2 Å². The highest BCUT2D eigenvalue weighted by molar-refractivity contribution is 4.93. The maximum atomic E-state index is 8.82. The van der Waals surface area contributed by atoms with Gasteiger partial charge >= 0.3 is 0 Å². The van der Waals surface area contributed by atoms with Crippen LogP contribution in [0.15, 0.2) is 0 Å². The summed E-state index contributed by atoms with van der Waals surface area (Å²) in [6, 6.07) is 2.30. The Morgan fingerprint density at radius 3 is 2.50 bits per heavy atom. The first-order valence-corrected chi connectivity index (χ1v) is 4.28. The standard InChI is InChI=1S/C9H15NO2/c1-11-9(12-2)8-5-3-4-7(8)6-10/h7-9H,3-5H2,1-2H3. The summed E-state index contributed by atoms with van der Waals surface area (Å²) in [5, 5.41) is 8.82. The van der Waals surface area contributed by atoms with Crippen molar-refractivity contribution in [3.8, 4) is 6.07 Å². The van der Waals surface area contributed by atoms with Crippen molar-refractivity contribution in [2.45, 2.75) is 25.6 Å². The van der Waals surface area contributed by atoms with E-state index in [1.165, 1.54) is 0 Å². The van der Waals surface area contributed by atoms with Crippen LogP contribution < -0.4 is 0 Å². The fraction of sp³-hybridized carbons (Fsp3) is 0.889. The van der Waals surface area contributed by atoms with Crippen LogP contribution in [0.1, 0.15) is 19.3 Å². The number of methoxy groups -OCH3 is 2. The molecule has 1 fully saturated rings. The molecule has 0 heterocycles. The van der Waals surface area contributed by atoms with Crippen molar-refractivity contribution in [2.75, 3.05) is 14.2 Å². The SMILES string of the molecule is COC(OC)C1CCCC1C#N. The fourth-order valence-corrected chi connectivity index (χ4v) is 1.92. The third-order valence-electron chi connectivity index (χ3n) is 2.55. The molecule has 0 amide bonds. The van der Waals surface area contributed by atoms with Gasteiger partial charge in [0, 0.05) is 20.1 Å². The molecular weight excluding hydrogens is 154 g/mol. The molecule has 0 aromatic heterocycles. The average Bonchev–Trinajstić information content (AvgIpc) is 2.55. The van der Waals surface area contributed by atoms with Gasteiger partial charge in [0.25, 0.3) is 0 Å². The molecule has 0 radical (unpaired) electrons. The zero-order chi connectivity index (χ0) is 8.97. The van der Waals surface area contributed by atoms with E-state index in [-0.39, 0.29) is 18.1 Å². The molecule has 12 heavy (non-hydrogen) atoms. The van der Waals surface area contributed by atoms with Gasteiger partial charge in [-0.25, -0.2) is 0 Å². The Bertz CT molecular complexity index is 172. The summed E-state index contributed by atoms with van der Waals surface area (Å²) in [5.74, 6) is 0.389. The van der Waals surface area contributed by atoms with Gasteiger partial charge in [-0.1, -0.05) is 6.42 Å². The molecule has 0 saturated heterocycles. The first-order chi connectivity index (χ1) is 5.83. The van der Waals surface area contributed by atoms with Gasteiger partial charge in [-0.05, 0) is 12.8 Å². The molecule has 2 atom stereocenters. The van der Waals surface area contributed by atoms with E-state index in [9.17, 15) is 0 Å². The second kappa shape index (κ2) is 4.44. The first kappa shape index (κ1) is 9.50. The predicted molar refractivity (Wildman–Crippen MR) is 44.3 cm³/mol. The molecule has 1 saturated carbocycles. The van der Waals surface area contributed by atoms with Crippen LogP contribution in [0.2, 0.25) is 0 Å². The van der Waals surface area contributed by atoms with E-state index in [2.05, 4.69) is 6.07 Å². The van der Waals surface area contributed by atoms with Gasteiger partial charge in [0.05, 0.1) is 12.0 Å². The Kier molecular flexibility index (Phi) is 3.51. The van der Waals surface area contributed by atoms with E-state index in [1.54, 1.807) is 14.2 Å². The predicted octanol–water partition coefficient (Wildman–Crippen LogP) is 1.55. The van der Waals surface area contributed by atoms with Crippen LogP contribution >= 0.6 is 0 Å². The van der Waals surface area contributed by atoms with E-state index in [0.29, 0.717) is 0 Å². The minimum absolute atomic E-state index is 0.120. The Hall–Kier alpha value is -0.590. The number of ether oxygens (including phenoxy) is 2. The summed E-state index contributed by atoms with van der Waals surface area (Å²) in [6.07, 6.45) is 2.96. The summed E-state index contributed by atoms with van der Waals surface area (Å²) < 4.78 is 10.3. The summed E-state index contributed by atoms with van der Waals surface area (Å²) in [7, 11) is 3.25. The molecule has 1 rings (SSSR count). The second-order valence-electron chi connectivity index (χ2n) is 3.17. The van der Waals surface area contributed by atoms with Crippen LogP contribution in [0.4, 0.5) is 0 Å². The summed E-state index contributed by atoms with van der Waals surface area (Å²) in [4.78, 5) is 0. The van der Waals surface area contributed by atoms with Crippen molar-refractivity contribution in [2.24, 2.45) is 11.8 Å². The van der Waals surface area contributed by atoms with E-state index in [1.807, 2.05) is 0 Å². The monoisotopic (exact) mass is 169 g/mol. The van der Waals surface area contributed by atoms with Crippen molar-refractivity contribution in [3.63, 3.8) is 0 Å². The Balaban J connectivity index is 2.54. The lowest BCUT2D eigenvalue weighted by Crippen LogP contribution is -2.27. The molecular formula is C9H15NO2. The van der Waals surface area contributed by atoms with Crippen molar-refractivity contribution in [1.82, 2.24) is 0 Å². The van der Waals surface area contributed by atoms with E-state index >= 15 is 0 Å². The van der Waals surface area contributed by atoms with Gasteiger partial charge < -0.3 is 9.47 Å². The van der Waals surface area contributed by atoms with Crippen molar-refractivity contribution >= 4 is 0 Å². The zero-order valence-electron chi connectivity index (χ0n) is 7.62. The van der Waals surface area contributed by atoms with Crippen molar-refractivity contribution in [1.29, 1.82) is 5.26 Å². The van der Waals surface area contributed by atoms with E-state index < -0.39 is 0 Å². The van der Waals surface area contributed by atoms with Crippen LogP contribution in [-0.2, 0) is 9.47 Å². The second-order valence-corrected chi connectivity index (χ2v) is 3.17. The molecule has 3 heteroatoms. The van der Waals surface area contributed by atoms with Crippen molar-refractivity contribution < 1.29 is 9.47 Å². The lowest BCUT2D eigenvalue weighted by molar-refractivity contribution is -0.140. The maximum absolute atomic E-state index is 8.82. The molecule has 1 aliphatic rings. The molecule has 68 valence electrons. The van der Waals surface area contributed by atoms with Gasteiger partial charge in [0.15, 0.2) is 6.29 Å². The van der Waals surface area contributed by atoms with Crippen LogP contribution in [-0.4, -0.2) is 20.5 Å². The number of rotatable bonds is 3. The molecule has 0 N–H and O–H groups in total. The highest BCUT2D eigenvalue weighted by Crippen LogP contribution is 2.34. The number of nitrogens with zero attached hydrogens (tertiary/aromatic N) is 1. The van der Waals surface area contributed by atoms with E-state index in [0.717, 1.165) is 19.3 Å². The zero-order valence-corrected chi connectivity index (χ0v) is 7.62. The van der Waals surface area contributed by atoms with Crippen LogP contribution in [0.3, 0.4) is 0 Å². The quantitative estimate of drug-likeness (QED) is 0.602. The average molecular weight is 169 g/mol. The number of hydrogen-bond acceptors (Lipinski definition) is 3. The molecule has 3 nitrogen and oxygen atoms in total. The molecule has 0 bridgehead atoms. The highest BCUT2D eigenvalue weighted by Gasteiger charge is 2.33. The molecule has 2 unspecified atom stereocenters. The van der Waals surface area contributed by atoms with Gasteiger partial charge in [-0.2, -0.15) is 5.26 Å². The maximum Gasteiger partial charge on any atom is 0.160 e. The van der Waals surface area contributed by atoms with Gasteiger partial charge in [0.2, 0.25) is 0 Å². The highest BCUT2D eigenvalue weighted by atomic mass is 16.7. The molecule has 0 aliphatic heterocycles. The van der Waals surface area contributed by atoms with Crippen LogP contribution in [0, 0.1) is 23.2 Å². The molecule has 0 spiro atoms. The Labute approximate surface area is 73.3 Å². The summed E-state index contributed by atoms with van der Waals surface area (Å²) in [5.41, 5.74) is 0. The normalized spacial score (nSPS) is 29.2. The lowest BCUT2D eigenvalue weighted by atomic mass is 9.97. The largest absolute Gasteiger partial charge is 0.356 e. The minimum Gasteiger partial charge on any atom is -0.356 e. The van der Waals surface area contributed by atoms with E-state index in [4.69, 9.17) is 14.7 Å². The first-order valence-electron chi connectivity index (χ1n) is 4.28. The van der Waals surface area contributed by atoms with Gasteiger partial charge in [0.1, 0.15) is 0 Å². The summed E-state index contributed by atoms with van der Waals surface area (Å²) in [6.45, 7) is 0. The fourth-order valence-electron chi connectivity index (χ4n) is 1.92. The molecule has 0 aromatic rings. The van der Waals surface area contributed by atoms with Gasteiger partial charge in [-0.3, -0.25) is 0 Å². The smallest absolute Gasteiger partial charge is 0.160 e. The molecule has 0 aromatic carbocycles. The number of hydrogen-bond donors (Lipinski definition) is 0. The van der Waals surface area contributed by atoms with Crippen LogP contribution in [0.25, 0.3) is 0 Å². The third kappa shape index (κ3) is 1.77. The third-order valence-corrected chi connectivity index (χ3v) is 2.55. The number of nitriles is 1. The van der Waals surface area contributed by atoms with Crippen molar-refractivity contribution in [3.05, 3.63) is 0 Å². The Morgan fingerprint density at radius 1 is 1.33 bits per heavy atom. The van der Waals surface area contributed by atoms with Gasteiger partial charge in [-0.15, -0.1) is 0 Å². The minimum atomic E-state index is -0.197.